The molecule has 0 aliphatic heterocycles. The Kier molecular flexibility index (Phi) is 6.68. The normalized spacial score (nSPS) is 37.4. The molecule has 4 bridgehead atoms. The number of carbonyl (C=O) groups excluding carboxylic acids is 2. The summed E-state index contributed by atoms with van der Waals surface area (Å²) in [4.78, 5) is 23.0. The van der Waals surface area contributed by atoms with E-state index in [1.54, 1.807) is 0 Å². The summed E-state index contributed by atoms with van der Waals surface area (Å²) in [6, 6.07) is -0.782. The van der Waals surface area contributed by atoms with Gasteiger partial charge >= 0.3 is 0 Å². The molecule has 0 aromatic carbocycles. The number of carbonyl (C=O) groups is 2. The molecule has 124 valence electrons. The second-order valence-electron chi connectivity index (χ2n) is 6.80. The van der Waals surface area contributed by atoms with Gasteiger partial charge in [0.15, 0.2) is 6.29 Å². The van der Waals surface area contributed by atoms with Gasteiger partial charge in [-0.3, -0.25) is 14.5 Å². The van der Waals surface area contributed by atoms with Crippen LogP contribution in [0.25, 0.3) is 0 Å². The standard InChI is InChI=1S/C14H21NO4.2Rh/c16-7-15(8-17)12(13(18)19)14-4-9-1-10(5-14)3-11(2-9)6-14;;/h7-13,18-19H,1-6H2;;/t9?,10?,11?,12-,14?;;/m0../s1. The van der Waals surface area contributed by atoms with Crippen molar-refractivity contribution in [1.82, 2.24) is 4.90 Å². The maximum Gasteiger partial charge on any atom is 0.216 e. The number of imide groups is 1. The first-order chi connectivity index (χ1) is 9.08. The number of aliphatic hydroxyl groups is 2. The van der Waals surface area contributed by atoms with Crippen LogP contribution in [-0.2, 0) is 48.5 Å². The molecule has 0 saturated heterocycles. The van der Waals surface area contributed by atoms with Crippen LogP contribution in [0.1, 0.15) is 38.5 Å². The molecule has 0 aromatic heterocycles. The van der Waals surface area contributed by atoms with Gasteiger partial charge in [-0.25, -0.2) is 0 Å². The molecule has 2 N–H and O–H groups in total. The Balaban J connectivity index is 0.00000110. The number of aliphatic hydroxyl groups excluding tert-OH is 1. The molecule has 4 saturated carbocycles. The molecule has 21 heavy (non-hydrogen) atoms. The summed E-state index contributed by atoms with van der Waals surface area (Å²) in [6.45, 7) is 0. The van der Waals surface area contributed by atoms with E-state index >= 15 is 0 Å². The quantitative estimate of drug-likeness (QED) is 0.347. The van der Waals surface area contributed by atoms with Crippen LogP contribution in [0.15, 0.2) is 0 Å². The van der Waals surface area contributed by atoms with Crippen molar-refractivity contribution in [1.29, 1.82) is 0 Å². The van der Waals surface area contributed by atoms with Crippen molar-refractivity contribution in [3.63, 3.8) is 0 Å². The minimum Gasteiger partial charge on any atom is -0.366 e. The Morgan fingerprint density at radius 3 is 1.57 bits per heavy atom. The van der Waals surface area contributed by atoms with Crippen LogP contribution in [0.3, 0.4) is 0 Å². The average Bonchev–Trinajstić information content (AvgIpc) is 2.33. The molecular weight excluding hydrogens is 452 g/mol. The van der Waals surface area contributed by atoms with Gasteiger partial charge in [0, 0.05) is 39.0 Å². The maximum atomic E-state index is 11.0. The van der Waals surface area contributed by atoms with E-state index in [2.05, 4.69) is 0 Å². The number of nitrogens with zero attached hydrogens (tertiary/aromatic N) is 1. The second-order valence-corrected chi connectivity index (χ2v) is 6.80. The van der Waals surface area contributed by atoms with Crippen LogP contribution >= 0.6 is 0 Å². The third-order valence-electron chi connectivity index (χ3n) is 5.56. The summed E-state index contributed by atoms with van der Waals surface area (Å²) in [6.07, 6.45) is 5.65. The zero-order valence-corrected chi connectivity index (χ0v) is 14.9. The SMILES string of the molecule is O=CN(C=O)[C@@H](C(O)O)C12CC3CC(CC(C3)C1)C2.[Rh].[Rh]. The second kappa shape index (κ2) is 7.25. The summed E-state index contributed by atoms with van der Waals surface area (Å²) in [5.74, 6) is 1.90. The minimum atomic E-state index is -1.65. The van der Waals surface area contributed by atoms with Crippen LogP contribution in [0.5, 0.6) is 0 Å². The minimum absolute atomic E-state index is 0. The number of amides is 2. The Morgan fingerprint density at radius 1 is 0.905 bits per heavy atom. The van der Waals surface area contributed by atoms with Crippen molar-refractivity contribution >= 4 is 12.8 Å². The molecule has 4 rings (SSSR count). The molecule has 4 aliphatic carbocycles. The van der Waals surface area contributed by atoms with E-state index in [0.29, 0.717) is 30.6 Å². The van der Waals surface area contributed by atoms with Gasteiger partial charge < -0.3 is 10.2 Å². The van der Waals surface area contributed by atoms with Gasteiger partial charge in [-0.1, -0.05) is 0 Å². The van der Waals surface area contributed by atoms with Crippen LogP contribution in [0.4, 0.5) is 0 Å². The van der Waals surface area contributed by atoms with E-state index in [9.17, 15) is 19.8 Å². The van der Waals surface area contributed by atoms with Crippen LogP contribution in [0.2, 0.25) is 0 Å². The number of hydrogen-bond acceptors (Lipinski definition) is 4. The fraction of sp³-hybridized carbons (Fsp3) is 0.857. The smallest absolute Gasteiger partial charge is 0.216 e. The monoisotopic (exact) mass is 473 g/mol. The van der Waals surface area contributed by atoms with Crippen molar-refractivity contribution in [3.05, 3.63) is 0 Å². The number of rotatable bonds is 5. The predicted molar refractivity (Wildman–Crippen MR) is 66.6 cm³/mol. The largest absolute Gasteiger partial charge is 0.366 e. The zero-order valence-electron chi connectivity index (χ0n) is 11.6. The third kappa shape index (κ3) is 3.32. The molecule has 2 radical (unpaired) electrons. The molecule has 2 amide bonds. The molecule has 0 aromatic rings. The summed E-state index contributed by atoms with van der Waals surface area (Å²) < 4.78 is 0. The Labute approximate surface area is 150 Å². The molecule has 4 aliphatic rings. The molecule has 4 fully saturated rings. The van der Waals surface area contributed by atoms with E-state index in [0.717, 1.165) is 24.2 Å². The van der Waals surface area contributed by atoms with Gasteiger partial charge in [-0.2, -0.15) is 0 Å². The molecular formula is C14H21NO4Rh2. The molecule has 0 spiro atoms. The first-order valence-corrected chi connectivity index (χ1v) is 7.12. The Bertz CT molecular complexity index is 348. The van der Waals surface area contributed by atoms with Crippen molar-refractivity contribution in [2.75, 3.05) is 0 Å². The van der Waals surface area contributed by atoms with Crippen LogP contribution in [-0.4, -0.2) is 40.3 Å². The number of hydrogen-bond donors (Lipinski definition) is 2. The van der Waals surface area contributed by atoms with Gasteiger partial charge in [0.2, 0.25) is 12.8 Å². The van der Waals surface area contributed by atoms with Gasteiger partial charge in [0.25, 0.3) is 0 Å². The Morgan fingerprint density at radius 2 is 1.29 bits per heavy atom. The van der Waals surface area contributed by atoms with Gasteiger partial charge in [-0.05, 0) is 61.7 Å². The van der Waals surface area contributed by atoms with Crippen molar-refractivity contribution < 1.29 is 58.8 Å². The van der Waals surface area contributed by atoms with E-state index in [1.807, 2.05) is 0 Å². The summed E-state index contributed by atoms with van der Waals surface area (Å²) >= 11 is 0. The first kappa shape index (κ1) is 19.4. The molecule has 5 nitrogen and oxygen atoms in total. The van der Waals surface area contributed by atoms with Crippen molar-refractivity contribution in [2.24, 2.45) is 23.2 Å². The molecule has 7 heteroatoms. The summed E-state index contributed by atoms with van der Waals surface area (Å²) in [5, 5.41) is 19.4. The fourth-order valence-corrected chi connectivity index (χ4v) is 5.48. The summed E-state index contributed by atoms with van der Waals surface area (Å²) in [5.41, 5.74) is -0.273. The fourth-order valence-electron chi connectivity index (χ4n) is 5.48. The predicted octanol–water partition coefficient (Wildman–Crippen LogP) is 0.492. The van der Waals surface area contributed by atoms with Crippen molar-refractivity contribution in [2.45, 2.75) is 50.9 Å². The molecule has 0 heterocycles. The van der Waals surface area contributed by atoms with Crippen LogP contribution < -0.4 is 0 Å². The first-order valence-electron chi connectivity index (χ1n) is 7.12. The van der Waals surface area contributed by atoms with Gasteiger partial charge in [0.05, 0.1) is 6.04 Å². The van der Waals surface area contributed by atoms with Crippen molar-refractivity contribution in [3.8, 4) is 0 Å². The van der Waals surface area contributed by atoms with E-state index in [1.165, 1.54) is 19.3 Å². The topological polar surface area (TPSA) is 77.8 Å². The van der Waals surface area contributed by atoms with E-state index in [-0.39, 0.29) is 44.4 Å². The zero-order chi connectivity index (χ0) is 13.6. The van der Waals surface area contributed by atoms with Gasteiger partial charge in [0.1, 0.15) is 0 Å². The average molecular weight is 473 g/mol. The van der Waals surface area contributed by atoms with Crippen LogP contribution in [0, 0.1) is 23.2 Å². The van der Waals surface area contributed by atoms with Gasteiger partial charge in [-0.15, -0.1) is 0 Å². The maximum absolute atomic E-state index is 11.0. The van der Waals surface area contributed by atoms with E-state index < -0.39 is 12.3 Å². The Hall–Kier alpha value is 0.307. The van der Waals surface area contributed by atoms with E-state index in [4.69, 9.17) is 0 Å². The molecule has 1 atom stereocenters. The molecule has 0 unspecified atom stereocenters. The summed E-state index contributed by atoms with van der Waals surface area (Å²) in [7, 11) is 0. The third-order valence-corrected chi connectivity index (χ3v) is 5.56.